The van der Waals surface area contributed by atoms with E-state index in [9.17, 15) is 9.18 Å². The van der Waals surface area contributed by atoms with E-state index < -0.39 is 5.82 Å². The van der Waals surface area contributed by atoms with E-state index in [1.807, 2.05) is 18.2 Å². The van der Waals surface area contributed by atoms with E-state index in [1.165, 1.54) is 6.07 Å². The summed E-state index contributed by atoms with van der Waals surface area (Å²) in [6.07, 6.45) is 4.69. The number of hydrogen-bond donors (Lipinski definition) is 0. The van der Waals surface area contributed by atoms with Crippen molar-refractivity contribution >= 4 is 5.91 Å². The van der Waals surface area contributed by atoms with Gasteiger partial charge in [-0.1, -0.05) is 18.2 Å². The number of nitrogens with zero attached hydrogens (tertiary/aromatic N) is 2. The molecule has 114 valence electrons. The molecule has 1 aromatic carbocycles. The summed E-state index contributed by atoms with van der Waals surface area (Å²) in [7, 11) is 0. The Bertz CT molecular complexity index is 645. The second kappa shape index (κ2) is 6.69. The van der Waals surface area contributed by atoms with Gasteiger partial charge in [0.25, 0.3) is 5.91 Å². The van der Waals surface area contributed by atoms with E-state index in [2.05, 4.69) is 4.98 Å². The Morgan fingerprint density at radius 2 is 2.05 bits per heavy atom. The molecule has 1 aliphatic heterocycles. The fraction of sp³-hybridized carbons (Fsp3) is 0.333. The van der Waals surface area contributed by atoms with Crippen LogP contribution in [0.3, 0.4) is 0 Å². The highest BCUT2D eigenvalue weighted by Gasteiger charge is 2.26. The minimum atomic E-state index is -0.445. The van der Waals surface area contributed by atoms with Crippen LogP contribution in [-0.4, -0.2) is 28.9 Å². The van der Waals surface area contributed by atoms with Crippen molar-refractivity contribution in [2.24, 2.45) is 5.92 Å². The van der Waals surface area contributed by atoms with Crippen LogP contribution in [0.2, 0.25) is 0 Å². The molecule has 0 saturated carbocycles. The number of benzene rings is 1. The molecule has 0 unspecified atom stereocenters. The average molecular weight is 298 g/mol. The molecule has 1 saturated heterocycles. The van der Waals surface area contributed by atoms with Crippen LogP contribution in [0.4, 0.5) is 4.39 Å². The number of likely N-dealkylation sites (tertiary alicyclic amines) is 1. The van der Waals surface area contributed by atoms with E-state index in [0.29, 0.717) is 19.0 Å². The molecule has 22 heavy (non-hydrogen) atoms. The molecule has 4 heteroatoms. The molecule has 1 fully saturated rings. The second-order valence-electron chi connectivity index (χ2n) is 5.76. The molecule has 1 aromatic heterocycles. The zero-order chi connectivity index (χ0) is 15.4. The lowest BCUT2D eigenvalue weighted by Gasteiger charge is -2.32. The first-order valence-corrected chi connectivity index (χ1v) is 7.68. The maximum atomic E-state index is 13.8. The predicted octanol–water partition coefficient (Wildman–Crippen LogP) is 3.32. The van der Waals surface area contributed by atoms with Crippen LogP contribution in [0.1, 0.15) is 28.9 Å². The highest BCUT2D eigenvalue weighted by molar-refractivity contribution is 5.94. The van der Waals surface area contributed by atoms with Crippen molar-refractivity contribution in [3.63, 3.8) is 0 Å². The van der Waals surface area contributed by atoms with Crippen molar-refractivity contribution in [1.29, 1.82) is 0 Å². The minimum Gasteiger partial charge on any atom is -0.338 e. The SMILES string of the molecule is O=C(c1ccccc1F)N1CCC[C@H](Cc2ccccn2)C1. The number of halogens is 1. The Kier molecular flexibility index (Phi) is 4.47. The normalized spacial score (nSPS) is 18.2. The molecular weight excluding hydrogens is 279 g/mol. The number of piperidine rings is 1. The van der Waals surface area contributed by atoms with Crippen molar-refractivity contribution in [2.75, 3.05) is 13.1 Å². The van der Waals surface area contributed by atoms with Crippen LogP contribution >= 0.6 is 0 Å². The third-order valence-electron chi connectivity index (χ3n) is 4.13. The number of carbonyl (C=O) groups is 1. The second-order valence-corrected chi connectivity index (χ2v) is 5.76. The molecule has 3 rings (SSSR count). The summed E-state index contributed by atoms with van der Waals surface area (Å²) in [5.41, 5.74) is 1.22. The summed E-state index contributed by atoms with van der Waals surface area (Å²) in [4.78, 5) is 18.6. The summed E-state index contributed by atoms with van der Waals surface area (Å²) in [5, 5.41) is 0. The number of pyridine rings is 1. The van der Waals surface area contributed by atoms with Crippen LogP contribution in [0.25, 0.3) is 0 Å². The van der Waals surface area contributed by atoms with Gasteiger partial charge in [-0.25, -0.2) is 4.39 Å². The molecule has 0 spiro atoms. The molecule has 2 aromatic rings. The summed E-state index contributed by atoms with van der Waals surface area (Å²) in [5.74, 6) is -0.262. The molecule has 1 amide bonds. The standard InChI is InChI=1S/C18H19FN2O/c19-17-9-2-1-8-16(17)18(22)21-11-5-6-14(13-21)12-15-7-3-4-10-20-15/h1-4,7-10,14H,5-6,11-13H2/t14-/m1/s1. The van der Waals surface area contributed by atoms with Gasteiger partial charge in [0, 0.05) is 25.0 Å². The Labute approximate surface area is 129 Å². The maximum Gasteiger partial charge on any atom is 0.256 e. The number of hydrogen-bond acceptors (Lipinski definition) is 2. The van der Waals surface area contributed by atoms with Gasteiger partial charge in [0.1, 0.15) is 5.82 Å². The van der Waals surface area contributed by atoms with Crippen molar-refractivity contribution in [2.45, 2.75) is 19.3 Å². The first-order valence-electron chi connectivity index (χ1n) is 7.68. The van der Waals surface area contributed by atoms with E-state index in [0.717, 1.165) is 25.0 Å². The van der Waals surface area contributed by atoms with Gasteiger partial charge in [-0.05, 0) is 49.4 Å². The Balaban J connectivity index is 1.68. The van der Waals surface area contributed by atoms with Gasteiger partial charge < -0.3 is 4.90 Å². The summed E-state index contributed by atoms with van der Waals surface area (Å²) in [6, 6.07) is 12.1. The van der Waals surface area contributed by atoms with Crippen molar-refractivity contribution in [1.82, 2.24) is 9.88 Å². The highest BCUT2D eigenvalue weighted by atomic mass is 19.1. The van der Waals surface area contributed by atoms with Gasteiger partial charge in [-0.3, -0.25) is 9.78 Å². The molecule has 1 atom stereocenters. The lowest BCUT2D eigenvalue weighted by atomic mass is 9.92. The molecule has 1 aliphatic rings. The van der Waals surface area contributed by atoms with Gasteiger partial charge >= 0.3 is 0 Å². The molecule has 0 bridgehead atoms. The topological polar surface area (TPSA) is 33.2 Å². The fourth-order valence-corrected chi connectivity index (χ4v) is 3.04. The summed E-state index contributed by atoms with van der Waals surface area (Å²) in [6.45, 7) is 1.37. The smallest absolute Gasteiger partial charge is 0.256 e. The van der Waals surface area contributed by atoms with Crippen LogP contribution in [0.15, 0.2) is 48.7 Å². The van der Waals surface area contributed by atoms with E-state index in [4.69, 9.17) is 0 Å². The monoisotopic (exact) mass is 298 g/mol. The van der Waals surface area contributed by atoms with Gasteiger partial charge in [0.2, 0.25) is 0 Å². The predicted molar refractivity (Wildman–Crippen MR) is 83.0 cm³/mol. The van der Waals surface area contributed by atoms with Gasteiger partial charge in [0.05, 0.1) is 5.56 Å². The van der Waals surface area contributed by atoms with Crippen molar-refractivity contribution in [3.05, 3.63) is 65.7 Å². The lowest BCUT2D eigenvalue weighted by molar-refractivity contribution is 0.0668. The van der Waals surface area contributed by atoms with Crippen LogP contribution in [-0.2, 0) is 6.42 Å². The highest BCUT2D eigenvalue weighted by Crippen LogP contribution is 2.22. The van der Waals surface area contributed by atoms with Crippen molar-refractivity contribution in [3.8, 4) is 0 Å². The van der Waals surface area contributed by atoms with Crippen molar-refractivity contribution < 1.29 is 9.18 Å². The molecular formula is C18H19FN2O. The largest absolute Gasteiger partial charge is 0.338 e. The lowest BCUT2D eigenvalue weighted by Crippen LogP contribution is -2.40. The number of rotatable bonds is 3. The van der Waals surface area contributed by atoms with E-state index in [-0.39, 0.29) is 11.5 Å². The Hall–Kier alpha value is -2.23. The minimum absolute atomic E-state index is 0.168. The molecule has 0 radical (unpaired) electrons. The van der Waals surface area contributed by atoms with Gasteiger partial charge in [-0.2, -0.15) is 0 Å². The quantitative estimate of drug-likeness (QED) is 0.871. The maximum absolute atomic E-state index is 13.8. The summed E-state index contributed by atoms with van der Waals surface area (Å²) >= 11 is 0. The fourth-order valence-electron chi connectivity index (χ4n) is 3.04. The molecule has 0 aliphatic carbocycles. The third kappa shape index (κ3) is 3.32. The van der Waals surface area contributed by atoms with E-state index in [1.54, 1.807) is 29.3 Å². The zero-order valence-corrected chi connectivity index (χ0v) is 12.4. The summed E-state index contributed by atoms with van der Waals surface area (Å²) < 4.78 is 13.8. The first-order chi connectivity index (χ1) is 10.7. The molecule has 2 heterocycles. The van der Waals surface area contributed by atoms with Crippen LogP contribution < -0.4 is 0 Å². The van der Waals surface area contributed by atoms with E-state index >= 15 is 0 Å². The van der Waals surface area contributed by atoms with Gasteiger partial charge in [-0.15, -0.1) is 0 Å². The Morgan fingerprint density at radius 3 is 2.82 bits per heavy atom. The van der Waals surface area contributed by atoms with Crippen LogP contribution in [0.5, 0.6) is 0 Å². The van der Waals surface area contributed by atoms with Crippen LogP contribution in [0, 0.1) is 11.7 Å². The molecule has 3 nitrogen and oxygen atoms in total. The zero-order valence-electron chi connectivity index (χ0n) is 12.4. The van der Waals surface area contributed by atoms with Gasteiger partial charge in [0.15, 0.2) is 0 Å². The number of carbonyl (C=O) groups excluding carboxylic acids is 1. The average Bonchev–Trinajstić information content (AvgIpc) is 2.56. The first kappa shape index (κ1) is 14.7. The molecule has 0 N–H and O–H groups in total. The third-order valence-corrected chi connectivity index (χ3v) is 4.13. The number of aromatic nitrogens is 1. The number of amides is 1. The Morgan fingerprint density at radius 1 is 1.23 bits per heavy atom.